The highest BCUT2D eigenvalue weighted by Gasteiger charge is 2.27. The maximum Gasteiger partial charge on any atom is 0.00504 e. The van der Waals surface area contributed by atoms with Gasteiger partial charge in [0.2, 0.25) is 0 Å². The van der Waals surface area contributed by atoms with Gasteiger partial charge in [0.05, 0.1) is 0 Å². The van der Waals surface area contributed by atoms with E-state index >= 15 is 0 Å². The molecule has 13 heavy (non-hydrogen) atoms. The van der Waals surface area contributed by atoms with Crippen LogP contribution in [-0.2, 0) is 0 Å². The summed E-state index contributed by atoms with van der Waals surface area (Å²) in [5, 5.41) is 0. The van der Waals surface area contributed by atoms with E-state index in [-0.39, 0.29) is 0 Å². The van der Waals surface area contributed by atoms with Crippen LogP contribution in [0, 0.1) is 5.92 Å². The van der Waals surface area contributed by atoms with Gasteiger partial charge in [0.25, 0.3) is 0 Å². The standard InChI is InChI=1S/C12H17N/c1-10-8-13(2)9-12(10)11-6-4-3-5-7-11/h3-7,10,12H,8-9H2,1-2H3/t10-,12?/m0/s1. The summed E-state index contributed by atoms with van der Waals surface area (Å²) in [7, 11) is 2.21. The zero-order chi connectivity index (χ0) is 9.26. The van der Waals surface area contributed by atoms with Crippen LogP contribution in [0.4, 0.5) is 0 Å². The highest BCUT2D eigenvalue weighted by molar-refractivity contribution is 5.21. The number of likely N-dealkylation sites (N-methyl/N-ethyl adjacent to an activating group) is 1. The average Bonchev–Trinajstić information content (AvgIpc) is 2.47. The number of likely N-dealkylation sites (tertiary alicyclic amines) is 1. The third kappa shape index (κ3) is 1.75. The molecule has 0 saturated carbocycles. The van der Waals surface area contributed by atoms with Gasteiger partial charge >= 0.3 is 0 Å². The van der Waals surface area contributed by atoms with Crippen molar-refractivity contribution >= 4 is 0 Å². The van der Waals surface area contributed by atoms with Crippen LogP contribution in [0.3, 0.4) is 0 Å². The second kappa shape index (κ2) is 3.51. The molecular weight excluding hydrogens is 158 g/mol. The van der Waals surface area contributed by atoms with Crippen LogP contribution in [0.5, 0.6) is 0 Å². The SMILES string of the molecule is C[C@H]1CN(C)CC1c1ccccc1. The molecule has 0 aliphatic carbocycles. The Kier molecular flexibility index (Phi) is 2.36. The zero-order valence-electron chi connectivity index (χ0n) is 8.40. The quantitative estimate of drug-likeness (QED) is 0.633. The lowest BCUT2D eigenvalue weighted by Gasteiger charge is -2.13. The van der Waals surface area contributed by atoms with E-state index < -0.39 is 0 Å². The molecule has 1 aliphatic rings. The third-order valence-corrected chi connectivity index (χ3v) is 3.02. The van der Waals surface area contributed by atoms with Crippen molar-refractivity contribution < 1.29 is 0 Å². The van der Waals surface area contributed by atoms with Crippen LogP contribution in [0.25, 0.3) is 0 Å². The first kappa shape index (κ1) is 8.76. The van der Waals surface area contributed by atoms with Gasteiger partial charge in [-0.1, -0.05) is 37.3 Å². The van der Waals surface area contributed by atoms with Gasteiger partial charge in [0, 0.05) is 19.0 Å². The first-order chi connectivity index (χ1) is 6.27. The molecule has 1 aliphatic heterocycles. The summed E-state index contributed by atoms with van der Waals surface area (Å²) in [4.78, 5) is 2.42. The molecule has 1 saturated heterocycles. The lowest BCUT2D eigenvalue weighted by molar-refractivity contribution is 0.401. The molecule has 0 aromatic heterocycles. The molecule has 1 fully saturated rings. The van der Waals surface area contributed by atoms with Crippen molar-refractivity contribution in [1.82, 2.24) is 4.90 Å². The summed E-state index contributed by atoms with van der Waals surface area (Å²) in [5.74, 6) is 1.54. The van der Waals surface area contributed by atoms with Crippen LogP contribution >= 0.6 is 0 Å². The van der Waals surface area contributed by atoms with Crippen molar-refractivity contribution in [3.8, 4) is 0 Å². The Bertz CT molecular complexity index is 268. The minimum absolute atomic E-state index is 0.742. The normalized spacial score (nSPS) is 29.4. The molecule has 0 amide bonds. The van der Waals surface area contributed by atoms with Crippen molar-refractivity contribution in [2.75, 3.05) is 20.1 Å². The minimum Gasteiger partial charge on any atom is -0.305 e. The van der Waals surface area contributed by atoms with Crippen LogP contribution in [0.1, 0.15) is 18.4 Å². The highest BCUT2D eigenvalue weighted by Crippen LogP contribution is 2.30. The van der Waals surface area contributed by atoms with Gasteiger partial charge in [-0.15, -0.1) is 0 Å². The van der Waals surface area contributed by atoms with Gasteiger partial charge in [-0.05, 0) is 18.5 Å². The summed E-state index contributed by atoms with van der Waals surface area (Å²) in [6, 6.07) is 10.9. The van der Waals surface area contributed by atoms with E-state index in [1.165, 1.54) is 18.7 Å². The molecule has 1 heterocycles. The van der Waals surface area contributed by atoms with Gasteiger partial charge < -0.3 is 4.90 Å². The lowest BCUT2D eigenvalue weighted by Crippen LogP contribution is -2.13. The smallest absolute Gasteiger partial charge is 0.00504 e. The maximum absolute atomic E-state index is 2.42. The molecule has 1 unspecified atom stereocenters. The number of hydrogen-bond acceptors (Lipinski definition) is 1. The molecule has 1 heteroatoms. The Morgan fingerprint density at radius 3 is 2.38 bits per heavy atom. The maximum atomic E-state index is 2.42. The average molecular weight is 175 g/mol. The summed E-state index contributed by atoms with van der Waals surface area (Å²) >= 11 is 0. The van der Waals surface area contributed by atoms with E-state index in [0.29, 0.717) is 0 Å². The van der Waals surface area contributed by atoms with E-state index in [1.54, 1.807) is 0 Å². The zero-order valence-corrected chi connectivity index (χ0v) is 8.40. The molecule has 2 atom stereocenters. The Morgan fingerprint density at radius 2 is 1.85 bits per heavy atom. The molecule has 2 rings (SSSR count). The predicted octanol–water partition coefficient (Wildman–Crippen LogP) is 2.35. The van der Waals surface area contributed by atoms with E-state index in [1.807, 2.05) is 0 Å². The fourth-order valence-corrected chi connectivity index (χ4v) is 2.34. The number of nitrogens with zero attached hydrogens (tertiary/aromatic N) is 1. The third-order valence-electron chi connectivity index (χ3n) is 3.02. The topological polar surface area (TPSA) is 3.24 Å². The summed E-state index contributed by atoms with van der Waals surface area (Å²) in [6.45, 7) is 4.80. The van der Waals surface area contributed by atoms with E-state index in [4.69, 9.17) is 0 Å². The van der Waals surface area contributed by atoms with Crippen LogP contribution in [0.2, 0.25) is 0 Å². The first-order valence-electron chi connectivity index (χ1n) is 5.01. The van der Waals surface area contributed by atoms with Crippen LogP contribution in [-0.4, -0.2) is 25.0 Å². The number of rotatable bonds is 1. The molecule has 1 nitrogen and oxygen atoms in total. The lowest BCUT2D eigenvalue weighted by atomic mass is 9.90. The van der Waals surface area contributed by atoms with Crippen molar-refractivity contribution in [3.63, 3.8) is 0 Å². The summed E-state index contributed by atoms with van der Waals surface area (Å²) in [6.07, 6.45) is 0. The van der Waals surface area contributed by atoms with Crippen molar-refractivity contribution in [1.29, 1.82) is 0 Å². The van der Waals surface area contributed by atoms with E-state index in [9.17, 15) is 0 Å². The van der Waals surface area contributed by atoms with Gasteiger partial charge in [-0.3, -0.25) is 0 Å². The molecule has 70 valence electrons. The Morgan fingerprint density at radius 1 is 1.15 bits per heavy atom. The molecule has 1 aromatic carbocycles. The molecule has 0 N–H and O–H groups in total. The summed E-state index contributed by atoms with van der Waals surface area (Å²) in [5.41, 5.74) is 1.50. The first-order valence-corrected chi connectivity index (χ1v) is 5.01. The predicted molar refractivity (Wildman–Crippen MR) is 55.8 cm³/mol. The fourth-order valence-electron chi connectivity index (χ4n) is 2.34. The monoisotopic (exact) mass is 175 g/mol. The molecule has 0 bridgehead atoms. The van der Waals surface area contributed by atoms with E-state index in [2.05, 4.69) is 49.2 Å². The van der Waals surface area contributed by atoms with Gasteiger partial charge in [0.15, 0.2) is 0 Å². The molecule has 0 radical (unpaired) electrons. The fraction of sp³-hybridized carbons (Fsp3) is 0.500. The van der Waals surface area contributed by atoms with Crippen LogP contribution < -0.4 is 0 Å². The minimum atomic E-state index is 0.742. The Hall–Kier alpha value is -0.820. The second-order valence-electron chi connectivity index (χ2n) is 4.22. The number of hydrogen-bond donors (Lipinski definition) is 0. The van der Waals surface area contributed by atoms with Gasteiger partial charge in [-0.25, -0.2) is 0 Å². The molecule has 0 spiro atoms. The number of benzene rings is 1. The highest BCUT2D eigenvalue weighted by atomic mass is 15.1. The van der Waals surface area contributed by atoms with E-state index in [0.717, 1.165) is 11.8 Å². The van der Waals surface area contributed by atoms with Crippen molar-refractivity contribution in [3.05, 3.63) is 35.9 Å². The Labute approximate surface area is 80.4 Å². The Balaban J connectivity index is 2.18. The summed E-state index contributed by atoms with van der Waals surface area (Å²) < 4.78 is 0. The molecular formula is C12H17N. The van der Waals surface area contributed by atoms with Crippen LogP contribution in [0.15, 0.2) is 30.3 Å². The second-order valence-corrected chi connectivity index (χ2v) is 4.22. The van der Waals surface area contributed by atoms with Crippen molar-refractivity contribution in [2.24, 2.45) is 5.92 Å². The largest absolute Gasteiger partial charge is 0.305 e. The molecule has 1 aromatic rings. The van der Waals surface area contributed by atoms with Gasteiger partial charge in [-0.2, -0.15) is 0 Å². The van der Waals surface area contributed by atoms with Crippen molar-refractivity contribution in [2.45, 2.75) is 12.8 Å². The van der Waals surface area contributed by atoms with Gasteiger partial charge in [0.1, 0.15) is 0 Å².